The van der Waals surface area contributed by atoms with Crippen molar-refractivity contribution in [1.29, 1.82) is 0 Å². The lowest BCUT2D eigenvalue weighted by Gasteiger charge is -2.27. The Morgan fingerprint density at radius 3 is 1.41 bits per heavy atom. The van der Waals surface area contributed by atoms with Gasteiger partial charge in [0.2, 0.25) is 0 Å². The van der Waals surface area contributed by atoms with Crippen molar-refractivity contribution in [3.05, 3.63) is 223 Å². The Bertz CT molecular complexity index is 2890. The highest BCUT2D eigenvalue weighted by molar-refractivity contribution is 7.03. The molecule has 1 nitrogen and oxygen atoms in total. The largest absolute Gasteiger partial charge is 0.311 e. The molecule has 276 valence electrons. The summed E-state index contributed by atoms with van der Waals surface area (Å²) in [6, 6.07) is 77.5. The lowest BCUT2D eigenvalue weighted by atomic mass is 9.90. The Labute approximate surface area is 342 Å². The summed E-state index contributed by atoms with van der Waals surface area (Å²) in [7, 11) is -1.97. The van der Waals surface area contributed by atoms with E-state index in [4.69, 9.17) is 0 Å². The zero-order chi connectivity index (χ0) is 39.1. The van der Waals surface area contributed by atoms with Gasteiger partial charge in [-0.05, 0) is 131 Å². The normalized spacial score (nSPS) is 12.7. The molecule has 9 aromatic carbocycles. The first-order valence-corrected chi connectivity index (χ1v) is 23.2. The summed E-state index contributed by atoms with van der Waals surface area (Å²) in [5.74, 6) is 0. The predicted molar refractivity (Wildman–Crippen MR) is 252 cm³/mol. The van der Waals surface area contributed by atoms with Crippen LogP contribution in [-0.2, 0) is 0 Å². The standard InChI is InChI=1S/C56H43NSi/c1-58(2)55-35-41(27-33-51(55)52-34-32-50(39-56(52)58)57(48-19-11-5-12-20-48)49-21-13-6-14-22-49)24-23-40-25-28-42(29-26-40)45-30-31-46-37-53(43-15-7-3-8-16-43)54(38-47(46)36-45)44-17-9-4-10-18-44/h3-39H,1-2H3. The van der Waals surface area contributed by atoms with E-state index in [1.54, 1.807) is 0 Å². The van der Waals surface area contributed by atoms with Gasteiger partial charge in [-0.3, -0.25) is 0 Å². The molecule has 58 heavy (non-hydrogen) atoms. The van der Waals surface area contributed by atoms with Crippen LogP contribution in [0.25, 0.3) is 67.4 Å². The van der Waals surface area contributed by atoms with E-state index in [9.17, 15) is 0 Å². The number of rotatable bonds is 8. The van der Waals surface area contributed by atoms with E-state index in [1.165, 1.54) is 82.5 Å². The van der Waals surface area contributed by atoms with Crippen molar-refractivity contribution in [2.75, 3.05) is 4.90 Å². The molecule has 0 bridgehead atoms. The van der Waals surface area contributed by atoms with Gasteiger partial charge in [0.15, 0.2) is 0 Å². The van der Waals surface area contributed by atoms with E-state index in [1.807, 2.05) is 0 Å². The van der Waals surface area contributed by atoms with Gasteiger partial charge in [0.25, 0.3) is 0 Å². The molecular formula is C56H43NSi. The maximum Gasteiger partial charge on any atom is 0.113 e. The highest BCUT2D eigenvalue weighted by Crippen LogP contribution is 2.39. The van der Waals surface area contributed by atoms with Gasteiger partial charge in [-0.25, -0.2) is 0 Å². The van der Waals surface area contributed by atoms with Crippen LogP contribution >= 0.6 is 0 Å². The number of hydrogen-bond acceptors (Lipinski definition) is 1. The van der Waals surface area contributed by atoms with Gasteiger partial charge in [-0.15, -0.1) is 0 Å². The van der Waals surface area contributed by atoms with Crippen LogP contribution in [0.5, 0.6) is 0 Å². The van der Waals surface area contributed by atoms with Gasteiger partial charge in [0.1, 0.15) is 8.07 Å². The molecule has 9 aromatic rings. The van der Waals surface area contributed by atoms with Crippen molar-refractivity contribution in [2.24, 2.45) is 0 Å². The van der Waals surface area contributed by atoms with Crippen molar-refractivity contribution >= 4 is 58.4 Å². The summed E-state index contributed by atoms with van der Waals surface area (Å²) in [4.78, 5) is 2.37. The van der Waals surface area contributed by atoms with E-state index in [0.29, 0.717) is 0 Å². The third kappa shape index (κ3) is 6.58. The van der Waals surface area contributed by atoms with Gasteiger partial charge in [0.05, 0.1) is 0 Å². The SMILES string of the molecule is C[Si]1(C)c2cc(C=Cc3ccc(-c4ccc5cc(-c6ccccc6)c(-c6ccccc6)cc5c4)cc3)ccc2-c2ccc(N(c3ccccc3)c3ccccc3)cc21. The average molecular weight is 758 g/mol. The molecule has 0 unspecified atom stereocenters. The van der Waals surface area contributed by atoms with E-state index in [-0.39, 0.29) is 0 Å². The van der Waals surface area contributed by atoms with E-state index in [0.717, 1.165) is 11.4 Å². The predicted octanol–water partition coefficient (Wildman–Crippen LogP) is 14.3. The van der Waals surface area contributed by atoms with Crippen molar-refractivity contribution in [1.82, 2.24) is 0 Å². The summed E-state index contributed by atoms with van der Waals surface area (Å²) >= 11 is 0. The molecule has 10 rings (SSSR count). The second-order valence-corrected chi connectivity index (χ2v) is 20.1. The molecule has 0 fully saturated rings. The summed E-state index contributed by atoms with van der Waals surface area (Å²) in [6.45, 7) is 5.00. The van der Waals surface area contributed by atoms with Crippen LogP contribution < -0.4 is 15.3 Å². The van der Waals surface area contributed by atoms with Crippen LogP contribution in [0.15, 0.2) is 212 Å². The van der Waals surface area contributed by atoms with Gasteiger partial charge in [0, 0.05) is 17.1 Å². The van der Waals surface area contributed by atoms with Crippen molar-refractivity contribution in [3.63, 3.8) is 0 Å². The topological polar surface area (TPSA) is 3.24 Å². The van der Waals surface area contributed by atoms with Gasteiger partial charge in [-0.2, -0.15) is 0 Å². The summed E-state index contributed by atoms with van der Waals surface area (Å²) in [5, 5.41) is 5.49. The number of para-hydroxylation sites is 2. The van der Waals surface area contributed by atoms with Crippen LogP contribution in [0.1, 0.15) is 11.1 Å². The number of benzene rings is 9. The smallest absolute Gasteiger partial charge is 0.113 e. The molecule has 0 saturated carbocycles. The Balaban J connectivity index is 0.912. The van der Waals surface area contributed by atoms with Crippen molar-refractivity contribution in [2.45, 2.75) is 13.1 Å². The fraction of sp³-hybridized carbons (Fsp3) is 0.0357. The van der Waals surface area contributed by atoms with Gasteiger partial charge in [-0.1, -0.05) is 183 Å². The quantitative estimate of drug-likeness (QED) is 0.110. The first-order valence-electron chi connectivity index (χ1n) is 20.2. The average Bonchev–Trinajstić information content (AvgIpc) is 3.51. The Morgan fingerprint density at radius 2 is 0.810 bits per heavy atom. The number of nitrogens with zero attached hydrogens (tertiary/aromatic N) is 1. The lowest BCUT2D eigenvalue weighted by Crippen LogP contribution is -2.49. The summed E-state index contributed by atoms with van der Waals surface area (Å²) in [5.41, 5.74) is 16.1. The highest BCUT2D eigenvalue weighted by Gasteiger charge is 2.38. The van der Waals surface area contributed by atoms with Gasteiger partial charge < -0.3 is 4.90 Å². The first kappa shape index (κ1) is 35.4. The van der Waals surface area contributed by atoms with Gasteiger partial charge >= 0.3 is 0 Å². The van der Waals surface area contributed by atoms with E-state index < -0.39 is 8.07 Å². The van der Waals surface area contributed by atoms with E-state index >= 15 is 0 Å². The third-order valence-corrected chi connectivity index (χ3v) is 15.3. The monoisotopic (exact) mass is 757 g/mol. The van der Waals surface area contributed by atoms with Crippen LogP contribution in [0.2, 0.25) is 13.1 Å². The molecule has 0 amide bonds. The Kier molecular flexibility index (Phi) is 9.05. The Hall–Kier alpha value is -7.00. The zero-order valence-corrected chi connectivity index (χ0v) is 33.8. The van der Waals surface area contributed by atoms with Crippen LogP contribution in [0, 0.1) is 0 Å². The van der Waals surface area contributed by atoms with E-state index in [2.05, 4.69) is 242 Å². The van der Waals surface area contributed by atoms with Crippen molar-refractivity contribution in [3.8, 4) is 44.5 Å². The summed E-state index contributed by atoms with van der Waals surface area (Å²) in [6.07, 6.45) is 4.52. The molecule has 0 N–H and O–H groups in total. The molecule has 1 aliphatic heterocycles. The number of anilines is 3. The number of fused-ring (bicyclic) bond motifs is 4. The molecule has 0 radical (unpaired) electrons. The molecule has 1 heterocycles. The van der Waals surface area contributed by atoms with Crippen molar-refractivity contribution < 1.29 is 0 Å². The lowest BCUT2D eigenvalue weighted by molar-refractivity contribution is 1.29. The first-order chi connectivity index (χ1) is 28.5. The van der Waals surface area contributed by atoms with Crippen LogP contribution in [-0.4, -0.2) is 8.07 Å². The number of hydrogen-bond donors (Lipinski definition) is 0. The zero-order valence-electron chi connectivity index (χ0n) is 32.8. The molecule has 0 saturated heterocycles. The van der Waals surface area contributed by atoms with Crippen LogP contribution in [0.3, 0.4) is 0 Å². The minimum absolute atomic E-state index is 1.16. The molecule has 0 spiro atoms. The second kappa shape index (κ2) is 14.8. The molecular weight excluding hydrogens is 715 g/mol. The fourth-order valence-corrected chi connectivity index (χ4v) is 11.9. The van der Waals surface area contributed by atoms with Crippen LogP contribution in [0.4, 0.5) is 17.1 Å². The highest BCUT2D eigenvalue weighted by atomic mass is 28.3. The molecule has 2 heteroatoms. The molecule has 0 aliphatic carbocycles. The summed E-state index contributed by atoms with van der Waals surface area (Å²) < 4.78 is 0. The maximum atomic E-state index is 2.50. The minimum Gasteiger partial charge on any atom is -0.311 e. The minimum atomic E-state index is -1.97. The molecule has 0 aromatic heterocycles. The molecule has 1 aliphatic rings. The molecule has 0 atom stereocenters. The Morgan fingerprint density at radius 1 is 0.328 bits per heavy atom. The third-order valence-electron chi connectivity index (χ3n) is 11.8. The maximum absolute atomic E-state index is 2.50. The second-order valence-electron chi connectivity index (χ2n) is 15.8. The fourth-order valence-electron chi connectivity index (χ4n) is 8.76.